The van der Waals surface area contributed by atoms with Gasteiger partial charge in [-0.25, -0.2) is 0 Å². The number of piperidine rings is 1. The zero-order valence-corrected chi connectivity index (χ0v) is 12.8. The van der Waals surface area contributed by atoms with Crippen LogP contribution < -0.4 is 0 Å². The highest BCUT2D eigenvalue weighted by Gasteiger charge is 2.32. The van der Waals surface area contributed by atoms with E-state index in [0.29, 0.717) is 5.41 Å². The first-order valence-corrected chi connectivity index (χ1v) is 7.67. The second-order valence-corrected chi connectivity index (χ2v) is 6.83. The van der Waals surface area contributed by atoms with Gasteiger partial charge in [0, 0.05) is 32.2 Å². The van der Waals surface area contributed by atoms with Crippen LogP contribution in [0, 0.1) is 5.41 Å². The normalized spacial score (nSPS) is 31.7. The summed E-state index contributed by atoms with van der Waals surface area (Å²) >= 11 is 0. The van der Waals surface area contributed by atoms with Crippen molar-refractivity contribution in [1.82, 2.24) is 14.7 Å². The lowest BCUT2D eigenvalue weighted by Gasteiger charge is -2.45. The predicted molar refractivity (Wildman–Crippen MR) is 78.0 cm³/mol. The van der Waals surface area contributed by atoms with Gasteiger partial charge in [0.25, 0.3) is 0 Å². The van der Waals surface area contributed by atoms with Crippen LogP contribution in [-0.4, -0.2) is 73.6 Å². The van der Waals surface area contributed by atoms with E-state index < -0.39 is 0 Å². The number of hydrogen-bond donors (Lipinski definition) is 0. The molecular formula is C15H31N3. The lowest BCUT2D eigenvalue weighted by molar-refractivity contribution is 0.0350. The minimum absolute atomic E-state index is 0.556. The van der Waals surface area contributed by atoms with E-state index in [4.69, 9.17) is 0 Å². The highest BCUT2D eigenvalue weighted by atomic mass is 15.3. The number of piperazine rings is 1. The Morgan fingerprint density at radius 2 is 1.78 bits per heavy atom. The van der Waals surface area contributed by atoms with Crippen molar-refractivity contribution in [2.24, 2.45) is 5.41 Å². The summed E-state index contributed by atoms with van der Waals surface area (Å²) in [6.45, 7) is 16.0. The van der Waals surface area contributed by atoms with Gasteiger partial charge in [0.2, 0.25) is 0 Å². The van der Waals surface area contributed by atoms with Gasteiger partial charge in [0.15, 0.2) is 0 Å². The molecule has 0 spiro atoms. The molecule has 0 aromatic heterocycles. The summed E-state index contributed by atoms with van der Waals surface area (Å²) in [7, 11) is 2.25. The molecule has 0 N–H and O–H groups in total. The van der Waals surface area contributed by atoms with Crippen LogP contribution in [0.1, 0.15) is 33.6 Å². The summed E-state index contributed by atoms with van der Waals surface area (Å²) in [5.41, 5.74) is 0.556. The molecule has 2 aliphatic heterocycles. The first kappa shape index (κ1) is 14.3. The number of hydrogen-bond acceptors (Lipinski definition) is 3. The van der Waals surface area contributed by atoms with Crippen LogP contribution >= 0.6 is 0 Å². The van der Waals surface area contributed by atoms with Gasteiger partial charge in [-0.15, -0.1) is 0 Å². The molecule has 2 saturated heterocycles. The zero-order chi connectivity index (χ0) is 13.2. The van der Waals surface area contributed by atoms with Gasteiger partial charge >= 0.3 is 0 Å². The average Bonchev–Trinajstić information content (AvgIpc) is 2.34. The summed E-state index contributed by atoms with van der Waals surface area (Å²) in [6.07, 6.45) is 2.73. The molecule has 106 valence electrons. The molecule has 0 aliphatic carbocycles. The molecule has 2 heterocycles. The second-order valence-electron chi connectivity index (χ2n) is 6.83. The monoisotopic (exact) mass is 253 g/mol. The first-order valence-electron chi connectivity index (χ1n) is 7.67. The lowest BCUT2D eigenvalue weighted by Crippen LogP contribution is -2.54. The molecule has 3 nitrogen and oxygen atoms in total. The maximum absolute atomic E-state index is 2.71. The van der Waals surface area contributed by atoms with Crippen LogP contribution in [-0.2, 0) is 0 Å². The van der Waals surface area contributed by atoms with Crippen molar-refractivity contribution >= 4 is 0 Å². The molecule has 1 unspecified atom stereocenters. The van der Waals surface area contributed by atoms with Gasteiger partial charge in [-0.05, 0) is 51.9 Å². The molecule has 2 aliphatic rings. The van der Waals surface area contributed by atoms with Gasteiger partial charge < -0.3 is 4.90 Å². The summed E-state index contributed by atoms with van der Waals surface area (Å²) in [5, 5.41) is 0. The van der Waals surface area contributed by atoms with Crippen molar-refractivity contribution in [2.75, 3.05) is 52.9 Å². The fourth-order valence-corrected chi connectivity index (χ4v) is 3.54. The van der Waals surface area contributed by atoms with Crippen LogP contribution in [0.5, 0.6) is 0 Å². The van der Waals surface area contributed by atoms with Crippen molar-refractivity contribution in [3.8, 4) is 0 Å². The molecule has 0 saturated carbocycles. The van der Waals surface area contributed by atoms with Crippen LogP contribution in [0.25, 0.3) is 0 Å². The van der Waals surface area contributed by atoms with Crippen molar-refractivity contribution < 1.29 is 0 Å². The summed E-state index contributed by atoms with van der Waals surface area (Å²) in [5.74, 6) is 0. The molecule has 0 radical (unpaired) electrons. The maximum atomic E-state index is 2.71. The topological polar surface area (TPSA) is 9.72 Å². The predicted octanol–water partition coefficient (Wildman–Crippen LogP) is 1.74. The fraction of sp³-hybridized carbons (Fsp3) is 1.00. The van der Waals surface area contributed by atoms with E-state index in [0.717, 1.165) is 6.04 Å². The van der Waals surface area contributed by atoms with E-state index >= 15 is 0 Å². The van der Waals surface area contributed by atoms with Gasteiger partial charge in [0.1, 0.15) is 0 Å². The Kier molecular flexibility index (Phi) is 4.68. The summed E-state index contributed by atoms with van der Waals surface area (Å²) < 4.78 is 0. The molecule has 2 fully saturated rings. The van der Waals surface area contributed by atoms with Gasteiger partial charge in [-0.1, -0.05) is 13.8 Å². The Morgan fingerprint density at radius 3 is 2.33 bits per heavy atom. The number of rotatable bonds is 3. The first-order chi connectivity index (χ1) is 8.52. The van der Waals surface area contributed by atoms with E-state index in [1.54, 1.807) is 0 Å². The Morgan fingerprint density at radius 1 is 1.11 bits per heavy atom. The van der Waals surface area contributed by atoms with E-state index in [9.17, 15) is 0 Å². The third-order valence-corrected chi connectivity index (χ3v) is 5.05. The van der Waals surface area contributed by atoms with Crippen LogP contribution in [0.3, 0.4) is 0 Å². The Balaban J connectivity index is 1.83. The largest absolute Gasteiger partial charge is 0.306 e. The molecule has 18 heavy (non-hydrogen) atoms. The van der Waals surface area contributed by atoms with Gasteiger partial charge in [0.05, 0.1) is 0 Å². The Hall–Kier alpha value is -0.120. The average molecular weight is 253 g/mol. The van der Waals surface area contributed by atoms with Crippen LogP contribution in [0.15, 0.2) is 0 Å². The van der Waals surface area contributed by atoms with Crippen molar-refractivity contribution in [2.45, 2.75) is 39.7 Å². The molecule has 3 heteroatoms. The second kappa shape index (κ2) is 5.89. The molecule has 0 aromatic carbocycles. The molecule has 0 aromatic rings. The van der Waals surface area contributed by atoms with Crippen molar-refractivity contribution in [3.05, 3.63) is 0 Å². The summed E-state index contributed by atoms with van der Waals surface area (Å²) in [6, 6.07) is 0.735. The lowest BCUT2D eigenvalue weighted by atomic mass is 9.80. The molecule has 1 atom stereocenters. The quantitative estimate of drug-likeness (QED) is 0.759. The minimum Gasteiger partial charge on any atom is -0.306 e. The van der Waals surface area contributed by atoms with Crippen molar-refractivity contribution in [3.63, 3.8) is 0 Å². The standard InChI is InChI=1S/C15H31N3/c1-5-18-11-10-17(12-14(18)2)13-15(3)6-8-16(4)9-7-15/h14H,5-13H2,1-4H3. The van der Waals surface area contributed by atoms with Crippen LogP contribution in [0.2, 0.25) is 0 Å². The molecule has 0 amide bonds. The number of likely N-dealkylation sites (tertiary alicyclic amines) is 1. The zero-order valence-electron chi connectivity index (χ0n) is 12.8. The van der Waals surface area contributed by atoms with Gasteiger partial charge in [-0.3, -0.25) is 9.80 Å². The van der Waals surface area contributed by atoms with E-state index in [1.165, 1.54) is 58.7 Å². The fourth-order valence-electron chi connectivity index (χ4n) is 3.54. The third-order valence-electron chi connectivity index (χ3n) is 5.05. The van der Waals surface area contributed by atoms with E-state index in [1.807, 2.05) is 0 Å². The van der Waals surface area contributed by atoms with Crippen LogP contribution in [0.4, 0.5) is 0 Å². The molecular weight excluding hydrogens is 222 g/mol. The minimum atomic E-state index is 0.556. The molecule has 2 rings (SSSR count). The highest BCUT2D eigenvalue weighted by molar-refractivity contribution is 4.87. The third kappa shape index (κ3) is 3.46. The number of likely N-dealkylation sites (N-methyl/N-ethyl adjacent to an activating group) is 1. The van der Waals surface area contributed by atoms with E-state index in [-0.39, 0.29) is 0 Å². The SMILES string of the molecule is CCN1CCN(CC2(C)CCN(C)CC2)CC1C. The van der Waals surface area contributed by atoms with Gasteiger partial charge in [-0.2, -0.15) is 0 Å². The summed E-state index contributed by atoms with van der Waals surface area (Å²) in [4.78, 5) is 7.79. The van der Waals surface area contributed by atoms with Crippen molar-refractivity contribution in [1.29, 1.82) is 0 Å². The Bertz CT molecular complexity index is 258. The number of nitrogens with zero attached hydrogens (tertiary/aromatic N) is 3. The van der Waals surface area contributed by atoms with E-state index in [2.05, 4.69) is 42.5 Å². The maximum Gasteiger partial charge on any atom is 0.0195 e. The highest BCUT2D eigenvalue weighted by Crippen LogP contribution is 2.31. The smallest absolute Gasteiger partial charge is 0.0195 e. The molecule has 0 bridgehead atoms. The Labute approximate surface area is 113 Å².